The molecule has 2 aliphatic rings. The number of likely N-dealkylation sites (tertiary alicyclic amines) is 1. The Morgan fingerprint density at radius 3 is 2.78 bits per heavy atom. The fourth-order valence-corrected chi connectivity index (χ4v) is 3.98. The molecule has 1 heterocycles. The smallest absolute Gasteiger partial charge is 0.0488 e. The van der Waals surface area contributed by atoms with Crippen LogP contribution < -0.4 is 5.73 Å². The van der Waals surface area contributed by atoms with Crippen LogP contribution in [0.15, 0.2) is 18.2 Å². The lowest BCUT2D eigenvalue weighted by atomic mass is 10.0. The van der Waals surface area contributed by atoms with Crippen LogP contribution >= 0.6 is 23.2 Å². The van der Waals surface area contributed by atoms with E-state index >= 15 is 0 Å². The summed E-state index contributed by atoms with van der Waals surface area (Å²) in [7, 11) is 0. The Kier molecular flexibility index (Phi) is 3.55. The Morgan fingerprint density at radius 1 is 1.33 bits per heavy atom. The molecule has 2 N–H and O–H groups in total. The molecule has 1 aliphatic heterocycles. The number of halogens is 2. The first-order valence-corrected chi connectivity index (χ1v) is 7.35. The number of piperidine rings is 1. The molecule has 3 rings (SSSR count). The molecule has 1 saturated carbocycles. The fraction of sp³-hybridized carbons (Fsp3) is 0.571. The number of hydrogen-bond acceptors (Lipinski definition) is 2. The van der Waals surface area contributed by atoms with Crippen LogP contribution in [0.5, 0.6) is 0 Å². The van der Waals surface area contributed by atoms with Crippen LogP contribution in [0.3, 0.4) is 0 Å². The lowest BCUT2D eigenvalue weighted by Crippen LogP contribution is -2.39. The molecule has 2 nitrogen and oxygen atoms in total. The first-order valence-electron chi connectivity index (χ1n) is 6.60. The van der Waals surface area contributed by atoms with Crippen LogP contribution in [-0.2, 0) is 0 Å². The van der Waals surface area contributed by atoms with E-state index in [2.05, 4.69) is 4.90 Å². The first kappa shape index (κ1) is 12.7. The maximum atomic E-state index is 6.31. The van der Waals surface area contributed by atoms with Gasteiger partial charge in [0.1, 0.15) is 0 Å². The van der Waals surface area contributed by atoms with Gasteiger partial charge >= 0.3 is 0 Å². The normalized spacial score (nSPS) is 28.8. The van der Waals surface area contributed by atoms with Crippen molar-refractivity contribution in [3.8, 4) is 0 Å². The predicted molar refractivity (Wildman–Crippen MR) is 76.1 cm³/mol. The number of hydrogen-bond donors (Lipinski definition) is 1. The number of rotatable bonds is 3. The molecule has 0 amide bonds. The quantitative estimate of drug-likeness (QED) is 0.921. The molecule has 1 aromatic carbocycles. The van der Waals surface area contributed by atoms with Crippen molar-refractivity contribution in [2.45, 2.75) is 31.3 Å². The Morgan fingerprint density at radius 2 is 2.17 bits per heavy atom. The second kappa shape index (κ2) is 5.01. The van der Waals surface area contributed by atoms with Gasteiger partial charge in [0.2, 0.25) is 0 Å². The molecule has 2 bridgehead atoms. The third kappa shape index (κ3) is 2.16. The average molecular weight is 285 g/mol. The second-order valence-electron chi connectivity index (χ2n) is 5.45. The van der Waals surface area contributed by atoms with E-state index in [-0.39, 0.29) is 6.04 Å². The lowest BCUT2D eigenvalue weighted by Gasteiger charge is -2.35. The van der Waals surface area contributed by atoms with Gasteiger partial charge in [-0.15, -0.1) is 0 Å². The molecule has 4 heteroatoms. The molecule has 1 aromatic rings. The third-order valence-corrected chi connectivity index (χ3v) is 4.97. The molecule has 1 aliphatic carbocycles. The topological polar surface area (TPSA) is 29.3 Å². The van der Waals surface area contributed by atoms with Gasteiger partial charge in [-0.05, 0) is 48.9 Å². The largest absolute Gasteiger partial charge is 0.329 e. The molecule has 18 heavy (non-hydrogen) atoms. The Bertz CT molecular complexity index is 449. The van der Waals surface area contributed by atoms with E-state index in [4.69, 9.17) is 28.9 Å². The van der Waals surface area contributed by atoms with Gasteiger partial charge in [-0.3, -0.25) is 4.90 Å². The van der Waals surface area contributed by atoms with Gasteiger partial charge in [0, 0.05) is 35.2 Å². The zero-order chi connectivity index (χ0) is 12.7. The van der Waals surface area contributed by atoms with Gasteiger partial charge in [-0.1, -0.05) is 23.2 Å². The van der Waals surface area contributed by atoms with Crippen molar-refractivity contribution in [2.24, 2.45) is 11.7 Å². The average Bonchev–Trinajstić information content (AvgIpc) is 2.97. The summed E-state index contributed by atoms with van der Waals surface area (Å²) in [5.74, 6) is 0.863. The van der Waals surface area contributed by atoms with Crippen LogP contribution in [0.1, 0.15) is 30.9 Å². The standard InChI is InChI=1S/C14H18Cl2N2/c15-10-2-4-13(16)12(6-10)14(7-17)18-8-9-1-3-11(18)5-9/h2,4,6,9,11,14H,1,3,5,7-8,17H2. The van der Waals surface area contributed by atoms with Crippen molar-refractivity contribution in [1.82, 2.24) is 4.90 Å². The highest BCUT2D eigenvalue weighted by molar-refractivity contribution is 6.33. The maximum absolute atomic E-state index is 6.31. The molecule has 3 atom stereocenters. The van der Waals surface area contributed by atoms with Gasteiger partial charge in [-0.25, -0.2) is 0 Å². The zero-order valence-corrected chi connectivity index (χ0v) is 11.8. The highest BCUT2D eigenvalue weighted by Gasteiger charge is 2.41. The Balaban J connectivity index is 1.90. The van der Waals surface area contributed by atoms with E-state index in [0.29, 0.717) is 12.6 Å². The van der Waals surface area contributed by atoms with Gasteiger partial charge in [-0.2, -0.15) is 0 Å². The molecule has 1 saturated heterocycles. The molecular formula is C14H18Cl2N2. The van der Waals surface area contributed by atoms with Crippen LogP contribution in [-0.4, -0.2) is 24.0 Å². The SMILES string of the molecule is NCC(c1cc(Cl)ccc1Cl)N1CC2CCC1C2. The van der Waals surface area contributed by atoms with E-state index in [9.17, 15) is 0 Å². The minimum absolute atomic E-state index is 0.214. The first-order chi connectivity index (χ1) is 8.69. The maximum Gasteiger partial charge on any atom is 0.0488 e. The van der Waals surface area contributed by atoms with Crippen LogP contribution in [0.4, 0.5) is 0 Å². The zero-order valence-electron chi connectivity index (χ0n) is 10.3. The lowest BCUT2D eigenvalue weighted by molar-refractivity contribution is 0.153. The van der Waals surface area contributed by atoms with E-state index in [1.165, 1.54) is 19.3 Å². The summed E-state index contributed by atoms with van der Waals surface area (Å²) >= 11 is 12.4. The summed E-state index contributed by atoms with van der Waals surface area (Å²) in [5.41, 5.74) is 7.07. The Labute approximate surface area is 118 Å². The van der Waals surface area contributed by atoms with Crippen molar-refractivity contribution in [2.75, 3.05) is 13.1 Å². The molecule has 98 valence electrons. The summed E-state index contributed by atoms with van der Waals surface area (Å²) in [6, 6.07) is 6.57. The van der Waals surface area contributed by atoms with Gasteiger partial charge < -0.3 is 5.73 Å². The number of benzene rings is 1. The van der Waals surface area contributed by atoms with Crippen LogP contribution in [0.25, 0.3) is 0 Å². The molecule has 3 unspecified atom stereocenters. The molecule has 0 aromatic heterocycles. The molecule has 0 radical (unpaired) electrons. The van der Waals surface area contributed by atoms with E-state index in [1.807, 2.05) is 18.2 Å². The van der Waals surface area contributed by atoms with Crippen LogP contribution in [0, 0.1) is 5.92 Å². The highest BCUT2D eigenvalue weighted by atomic mass is 35.5. The highest BCUT2D eigenvalue weighted by Crippen LogP contribution is 2.43. The van der Waals surface area contributed by atoms with Crippen LogP contribution in [0.2, 0.25) is 10.0 Å². The van der Waals surface area contributed by atoms with Gasteiger partial charge in [0.05, 0.1) is 0 Å². The van der Waals surface area contributed by atoms with Gasteiger partial charge in [0.25, 0.3) is 0 Å². The van der Waals surface area contributed by atoms with E-state index in [0.717, 1.165) is 28.1 Å². The summed E-state index contributed by atoms with van der Waals surface area (Å²) < 4.78 is 0. The van der Waals surface area contributed by atoms with Crippen molar-refractivity contribution < 1.29 is 0 Å². The van der Waals surface area contributed by atoms with Crippen molar-refractivity contribution in [3.05, 3.63) is 33.8 Å². The van der Waals surface area contributed by atoms with Crippen molar-refractivity contribution in [1.29, 1.82) is 0 Å². The monoisotopic (exact) mass is 284 g/mol. The number of nitrogens with zero attached hydrogens (tertiary/aromatic N) is 1. The van der Waals surface area contributed by atoms with Crippen molar-refractivity contribution in [3.63, 3.8) is 0 Å². The summed E-state index contributed by atoms with van der Waals surface area (Å²) in [6.45, 7) is 1.76. The molecular weight excluding hydrogens is 267 g/mol. The fourth-order valence-electron chi connectivity index (χ4n) is 3.56. The summed E-state index contributed by atoms with van der Waals surface area (Å²) in [5, 5.41) is 1.51. The van der Waals surface area contributed by atoms with E-state index in [1.54, 1.807) is 0 Å². The molecule has 2 fully saturated rings. The summed E-state index contributed by atoms with van der Waals surface area (Å²) in [4.78, 5) is 2.53. The van der Waals surface area contributed by atoms with Crippen molar-refractivity contribution >= 4 is 23.2 Å². The number of fused-ring (bicyclic) bond motifs is 2. The second-order valence-corrected chi connectivity index (χ2v) is 6.29. The minimum Gasteiger partial charge on any atom is -0.329 e. The Hall–Kier alpha value is -0.280. The van der Waals surface area contributed by atoms with Gasteiger partial charge in [0.15, 0.2) is 0 Å². The third-order valence-electron chi connectivity index (χ3n) is 4.39. The molecule has 0 spiro atoms. The number of nitrogens with two attached hydrogens (primary N) is 1. The predicted octanol–water partition coefficient (Wildman–Crippen LogP) is 3.48. The minimum atomic E-state index is 0.214. The van der Waals surface area contributed by atoms with E-state index < -0.39 is 0 Å². The summed E-state index contributed by atoms with van der Waals surface area (Å²) in [6.07, 6.45) is 4.01.